The number of rotatable bonds is 3. The Labute approximate surface area is 183 Å². The van der Waals surface area contributed by atoms with E-state index < -0.39 is 17.4 Å². The third kappa shape index (κ3) is 2.99. The molecule has 2 aliphatic heterocycles. The molecular formula is C22H21N3O5S. The third-order valence-corrected chi connectivity index (χ3v) is 6.83. The summed E-state index contributed by atoms with van der Waals surface area (Å²) >= 11 is 1.24. The SMILES string of the molecule is C=C1Sc2ncn(-c3ccccc3)c(=O)c2C12CCN(C)C(C(=O)OC)=C2C(=O)OC. The summed E-state index contributed by atoms with van der Waals surface area (Å²) < 4.78 is 11.4. The van der Waals surface area contributed by atoms with E-state index in [1.807, 2.05) is 18.2 Å². The van der Waals surface area contributed by atoms with Crippen molar-refractivity contribution in [1.82, 2.24) is 14.5 Å². The molecule has 1 unspecified atom stereocenters. The Bertz CT molecular complexity index is 1190. The van der Waals surface area contributed by atoms with Crippen molar-refractivity contribution in [2.45, 2.75) is 16.9 Å². The van der Waals surface area contributed by atoms with Crippen LogP contribution in [0, 0.1) is 0 Å². The predicted molar refractivity (Wildman–Crippen MR) is 115 cm³/mol. The molecule has 0 N–H and O–H groups in total. The molecule has 1 aromatic heterocycles. The average Bonchev–Trinajstić information content (AvgIpc) is 3.07. The van der Waals surface area contributed by atoms with Gasteiger partial charge in [0.2, 0.25) is 0 Å². The molecule has 0 amide bonds. The molecular weight excluding hydrogens is 418 g/mol. The van der Waals surface area contributed by atoms with Crippen LogP contribution in [-0.4, -0.2) is 54.2 Å². The second-order valence-corrected chi connectivity index (χ2v) is 8.33. The number of hydrogen-bond acceptors (Lipinski definition) is 8. The van der Waals surface area contributed by atoms with Gasteiger partial charge in [-0.25, -0.2) is 14.6 Å². The average molecular weight is 439 g/mol. The predicted octanol–water partition coefficient (Wildman–Crippen LogP) is 2.03. The van der Waals surface area contributed by atoms with E-state index in [0.29, 0.717) is 34.1 Å². The van der Waals surface area contributed by atoms with Gasteiger partial charge in [-0.3, -0.25) is 9.36 Å². The van der Waals surface area contributed by atoms with Crippen LogP contribution in [0.4, 0.5) is 0 Å². The van der Waals surface area contributed by atoms with Crippen LogP contribution >= 0.6 is 11.8 Å². The molecule has 8 nitrogen and oxygen atoms in total. The zero-order valence-electron chi connectivity index (χ0n) is 17.4. The van der Waals surface area contributed by atoms with E-state index in [2.05, 4.69) is 11.6 Å². The number of carbonyl (C=O) groups excluding carboxylic acids is 2. The lowest BCUT2D eigenvalue weighted by molar-refractivity contribution is -0.141. The zero-order valence-corrected chi connectivity index (χ0v) is 18.2. The molecule has 0 radical (unpaired) electrons. The number of fused-ring (bicyclic) bond motifs is 2. The highest BCUT2D eigenvalue weighted by Crippen LogP contribution is 2.57. The number of likely N-dealkylation sites (N-methyl/N-ethyl adjacent to an activating group) is 1. The standard InChI is InChI=1S/C22H21N3O5S/c1-13-22(10-11-24(2)17(21(28)30-4)15(22)20(27)29-3)16-18(31-13)23-12-25(19(16)26)14-8-6-5-7-9-14/h5-9,12H,1,10-11H2,2-4H3. The number of allylic oxidation sites excluding steroid dienone is 1. The van der Waals surface area contributed by atoms with Crippen LogP contribution in [0.2, 0.25) is 0 Å². The minimum atomic E-state index is -1.22. The van der Waals surface area contributed by atoms with Crippen LogP contribution < -0.4 is 5.56 Å². The highest BCUT2D eigenvalue weighted by molar-refractivity contribution is 8.03. The maximum absolute atomic E-state index is 13.7. The Morgan fingerprint density at radius 3 is 2.48 bits per heavy atom. The minimum Gasteiger partial charge on any atom is -0.466 e. The first-order chi connectivity index (χ1) is 14.9. The van der Waals surface area contributed by atoms with Crippen LogP contribution in [-0.2, 0) is 24.5 Å². The van der Waals surface area contributed by atoms with Crippen molar-refractivity contribution in [3.8, 4) is 5.69 Å². The quantitative estimate of drug-likeness (QED) is 0.530. The molecule has 9 heteroatoms. The van der Waals surface area contributed by atoms with Gasteiger partial charge < -0.3 is 14.4 Å². The number of hydrogen-bond donors (Lipinski definition) is 0. The maximum Gasteiger partial charge on any atom is 0.354 e. The van der Waals surface area contributed by atoms with Crippen LogP contribution in [0.1, 0.15) is 12.0 Å². The van der Waals surface area contributed by atoms with Gasteiger partial charge in [0.05, 0.1) is 36.5 Å². The Morgan fingerprint density at radius 1 is 1.16 bits per heavy atom. The van der Waals surface area contributed by atoms with Crippen molar-refractivity contribution in [1.29, 1.82) is 0 Å². The highest BCUT2D eigenvalue weighted by Gasteiger charge is 2.56. The number of aromatic nitrogens is 2. The topological polar surface area (TPSA) is 90.7 Å². The van der Waals surface area contributed by atoms with Gasteiger partial charge in [-0.2, -0.15) is 0 Å². The number of nitrogens with zero attached hydrogens (tertiary/aromatic N) is 3. The number of carbonyl (C=O) groups is 2. The van der Waals surface area contributed by atoms with E-state index in [9.17, 15) is 14.4 Å². The van der Waals surface area contributed by atoms with Gasteiger partial charge in [0.1, 0.15) is 17.1 Å². The van der Waals surface area contributed by atoms with Crippen molar-refractivity contribution in [3.63, 3.8) is 0 Å². The fraction of sp³-hybridized carbons (Fsp3) is 0.273. The molecule has 2 aromatic rings. The lowest BCUT2D eigenvalue weighted by atomic mass is 9.69. The molecule has 4 rings (SSSR count). The molecule has 160 valence electrons. The van der Waals surface area contributed by atoms with E-state index in [0.717, 1.165) is 0 Å². The van der Waals surface area contributed by atoms with Crippen molar-refractivity contribution >= 4 is 23.7 Å². The van der Waals surface area contributed by atoms with Gasteiger partial charge in [0, 0.05) is 13.6 Å². The number of para-hydroxylation sites is 1. The summed E-state index contributed by atoms with van der Waals surface area (Å²) in [6.07, 6.45) is 1.83. The number of thioether (sulfide) groups is 1. The molecule has 0 fully saturated rings. The Kier molecular flexibility index (Phi) is 5.22. The summed E-state index contributed by atoms with van der Waals surface area (Å²) in [6, 6.07) is 9.09. The Hall–Kier alpha value is -3.33. The maximum atomic E-state index is 13.7. The third-order valence-electron chi connectivity index (χ3n) is 5.73. The van der Waals surface area contributed by atoms with E-state index in [1.165, 1.54) is 36.9 Å². The summed E-state index contributed by atoms with van der Waals surface area (Å²) in [5, 5.41) is 0.470. The van der Waals surface area contributed by atoms with Gasteiger partial charge in [0.15, 0.2) is 0 Å². The lowest BCUT2D eigenvalue weighted by Gasteiger charge is -2.40. The van der Waals surface area contributed by atoms with Gasteiger partial charge in [-0.05, 0) is 23.5 Å². The minimum absolute atomic E-state index is 0.0524. The Balaban J connectivity index is 2.07. The molecule has 31 heavy (non-hydrogen) atoms. The van der Waals surface area contributed by atoms with Crippen molar-refractivity contribution in [2.75, 3.05) is 27.8 Å². The molecule has 1 spiro atoms. The van der Waals surface area contributed by atoms with E-state index in [1.54, 1.807) is 24.1 Å². The fourth-order valence-electron chi connectivity index (χ4n) is 4.22. The number of benzene rings is 1. The Morgan fingerprint density at radius 2 is 1.84 bits per heavy atom. The van der Waals surface area contributed by atoms with Crippen molar-refractivity contribution in [3.05, 3.63) is 75.3 Å². The number of esters is 2. The first-order valence-electron chi connectivity index (χ1n) is 9.54. The number of ether oxygens (including phenoxy) is 2. The smallest absolute Gasteiger partial charge is 0.354 e. The summed E-state index contributed by atoms with van der Waals surface area (Å²) in [5.74, 6) is -1.39. The normalized spacial score (nSPS) is 20.1. The van der Waals surface area contributed by atoms with E-state index in [-0.39, 0.29) is 16.8 Å². The summed E-state index contributed by atoms with van der Waals surface area (Å²) in [5.41, 5.74) is -0.460. The van der Waals surface area contributed by atoms with Gasteiger partial charge in [-0.1, -0.05) is 36.5 Å². The fourth-order valence-corrected chi connectivity index (χ4v) is 5.40. The molecule has 3 heterocycles. The van der Waals surface area contributed by atoms with Gasteiger partial charge in [0.25, 0.3) is 5.56 Å². The van der Waals surface area contributed by atoms with Gasteiger partial charge >= 0.3 is 11.9 Å². The van der Waals surface area contributed by atoms with E-state index in [4.69, 9.17) is 9.47 Å². The molecule has 1 atom stereocenters. The van der Waals surface area contributed by atoms with E-state index >= 15 is 0 Å². The van der Waals surface area contributed by atoms with Crippen LogP contribution in [0.3, 0.4) is 0 Å². The van der Waals surface area contributed by atoms with Crippen molar-refractivity contribution in [2.24, 2.45) is 0 Å². The molecule has 1 aromatic carbocycles. The molecule has 0 bridgehead atoms. The largest absolute Gasteiger partial charge is 0.466 e. The first-order valence-corrected chi connectivity index (χ1v) is 10.4. The summed E-state index contributed by atoms with van der Waals surface area (Å²) in [7, 11) is 4.18. The van der Waals surface area contributed by atoms with Gasteiger partial charge in [-0.15, -0.1) is 0 Å². The lowest BCUT2D eigenvalue weighted by Crippen LogP contribution is -2.47. The highest BCUT2D eigenvalue weighted by atomic mass is 32.2. The molecule has 0 aliphatic carbocycles. The first kappa shape index (κ1) is 20.9. The molecule has 0 saturated heterocycles. The monoisotopic (exact) mass is 439 g/mol. The molecule has 2 aliphatic rings. The second kappa shape index (κ2) is 7.73. The molecule has 0 saturated carbocycles. The number of methoxy groups -OCH3 is 2. The van der Waals surface area contributed by atoms with Crippen molar-refractivity contribution < 1.29 is 19.1 Å². The summed E-state index contributed by atoms with van der Waals surface area (Å²) in [6.45, 7) is 4.57. The van der Waals surface area contributed by atoms with Crippen LogP contribution in [0.5, 0.6) is 0 Å². The van der Waals surface area contributed by atoms with Crippen LogP contribution in [0.15, 0.2) is 69.2 Å². The second-order valence-electron chi connectivity index (χ2n) is 7.24. The summed E-state index contributed by atoms with van der Waals surface area (Å²) in [4.78, 5) is 46.1. The van der Waals surface area contributed by atoms with Crippen LogP contribution in [0.25, 0.3) is 5.69 Å². The zero-order chi connectivity index (χ0) is 22.3.